The van der Waals surface area contributed by atoms with Crippen molar-refractivity contribution in [2.75, 3.05) is 6.54 Å². The number of halogens is 1. The van der Waals surface area contributed by atoms with Gasteiger partial charge in [-0.2, -0.15) is 0 Å². The largest absolute Gasteiger partial charge is 0.314 e. The average Bonchev–Trinajstić information content (AvgIpc) is 2.17. The molecule has 1 N–H and O–H groups in total. The summed E-state index contributed by atoms with van der Waals surface area (Å²) in [6, 6.07) is 7.71. The van der Waals surface area contributed by atoms with Crippen molar-refractivity contribution in [3.63, 3.8) is 0 Å². The summed E-state index contributed by atoms with van der Waals surface area (Å²) in [5, 5.41) is 3.91. The second-order valence-corrected chi connectivity index (χ2v) is 4.44. The fraction of sp³-hybridized carbons (Fsp3) is 0.462. The number of nitrogens with one attached hydrogen (secondary N) is 1. The number of carbonyl (C=O) groups excluding carboxylic acids is 1. The topological polar surface area (TPSA) is 29.1 Å². The van der Waals surface area contributed by atoms with Gasteiger partial charge in [-0.3, -0.25) is 4.79 Å². The summed E-state index contributed by atoms with van der Waals surface area (Å²) in [7, 11) is 0. The van der Waals surface area contributed by atoms with E-state index >= 15 is 0 Å². The molecule has 0 bridgehead atoms. The third-order valence-electron chi connectivity index (χ3n) is 2.38. The Morgan fingerprint density at radius 1 is 1.50 bits per heavy atom. The fourth-order valence-corrected chi connectivity index (χ4v) is 1.92. The average molecular weight is 240 g/mol. The van der Waals surface area contributed by atoms with Crippen LogP contribution in [0.1, 0.15) is 25.8 Å². The van der Waals surface area contributed by atoms with E-state index in [9.17, 15) is 4.79 Å². The number of ketones is 1. The Balaban J connectivity index is 2.45. The van der Waals surface area contributed by atoms with Crippen molar-refractivity contribution in [2.45, 2.75) is 32.7 Å². The molecule has 1 rings (SSSR count). The molecule has 0 heterocycles. The molecule has 2 nitrogen and oxygen atoms in total. The first-order valence-electron chi connectivity index (χ1n) is 5.61. The highest BCUT2D eigenvalue weighted by atomic mass is 35.5. The van der Waals surface area contributed by atoms with Crippen LogP contribution in [0.4, 0.5) is 0 Å². The standard InChI is InChI=1S/C13H18ClNO/c1-3-15-10(2)7-13(16)9-11-5-4-6-12(14)8-11/h4-6,8,10,15H,3,7,9H2,1-2H3. The van der Waals surface area contributed by atoms with Crippen LogP contribution in [0.25, 0.3) is 0 Å². The van der Waals surface area contributed by atoms with Crippen molar-refractivity contribution in [2.24, 2.45) is 0 Å². The first-order chi connectivity index (χ1) is 7.61. The quantitative estimate of drug-likeness (QED) is 0.827. The Kier molecular flexibility index (Phi) is 5.50. The zero-order valence-corrected chi connectivity index (χ0v) is 10.6. The molecule has 0 saturated heterocycles. The summed E-state index contributed by atoms with van der Waals surface area (Å²) in [5.41, 5.74) is 0.987. The van der Waals surface area contributed by atoms with E-state index in [0.29, 0.717) is 17.9 Å². The molecule has 0 fully saturated rings. The minimum absolute atomic E-state index is 0.246. The van der Waals surface area contributed by atoms with Gasteiger partial charge in [0.1, 0.15) is 5.78 Å². The summed E-state index contributed by atoms with van der Waals surface area (Å²) in [5.74, 6) is 0.246. The highest BCUT2D eigenvalue weighted by Crippen LogP contribution is 2.12. The van der Waals surface area contributed by atoms with Gasteiger partial charge in [-0.05, 0) is 31.2 Å². The van der Waals surface area contributed by atoms with Crippen LogP contribution in [0.5, 0.6) is 0 Å². The predicted octanol–water partition coefficient (Wildman–Crippen LogP) is 2.84. The van der Waals surface area contributed by atoms with Crippen LogP contribution in [-0.2, 0) is 11.2 Å². The van der Waals surface area contributed by atoms with Crippen molar-refractivity contribution in [3.05, 3.63) is 34.9 Å². The van der Waals surface area contributed by atoms with E-state index in [0.717, 1.165) is 12.1 Å². The molecular weight excluding hydrogens is 222 g/mol. The van der Waals surface area contributed by atoms with Crippen molar-refractivity contribution < 1.29 is 4.79 Å². The normalized spacial score (nSPS) is 12.4. The minimum atomic E-state index is 0.246. The zero-order valence-electron chi connectivity index (χ0n) is 9.79. The summed E-state index contributed by atoms with van der Waals surface area (Å²) in [4.78, 5) is 11.7. The van der Waals surface area contributed by atoms with Crippen LogP contribution in [0, 0.1) is 0 Å². The van der Waals surface area contributed by atoms with Crippen LogP contribution in [0.2, 0.25) is 5.02 Å². The van der Waals surface area contributed by atoms with Crippen molar-refractivity contribution in [1.82, 2.24) is 5.32 Å². The smallest absolute Gasteiger partial charge is 0.138 e. The van der Waals surface area contributed by atoms with E-state index in [4.69, 9.17) is 11.6 Å². The molecule has 1 unspecified atom stereocenters. The summed E-state index contributed by atoms with van der Waals surface area (Å²) in [6.07, 6.45) is 1.04. The molecule has 0 aliphatic heterocycles. The molecule has 0 amide bonds. The molecule has 0 saturated carbocycles. The fourth-order valence-electron chi connectivity index (χ4n) is 1.71. The summed E-state index contributed by atoms with van der Waals surface area (Å²) < 4.78 is 0. The Morgan fingerprint density at radius 3 is 2.88 bits per heavy atom. The van der Waals surface area contributed by atoms with E-state index in [1.54, 1.807) is 0 Å². The highest BCUT2D eigenvalue weighted by molar-refractivity contribution is 6.30. The lowest BCUT2D eigenvalue weighted by atomic mass is 10.0. The number of benzene rings is 1. The molecule has 1 aromatic rings. The summed E-state index contributed by atoms with van der Waals surface area (Å²) >= 11 is 5.86. The number of rotatable bonds is 6. The SMILES string of the molecule is CCNC(C)CC(=O)Cc1cccc(Cl)c1. The highest BCUT2D eigenvalue weighted by Gasteiger charge is 2.08. The molecule has 3 heteroatoms. The van der Waals surface area contributed by atoms with E-state index in [1.165, 1.54) is 0 Å². The lowest BCUT2D eigenvalue weighted by Gasteiger charge is -2.10. The Bertz CT molecular complexity index is 352. The van der Waals surface area contributed by atoms with E-state index < -0.39 is 0 Å². The van der Waals surface area contributed by atoms with E-state index in [2.05, 4.69) is 5.32 Å². The van der Waals surface area contributed by atoms with Crippen molar-refractivity contribution in [3.8, 4) is 0 Å². The Hall–Kier alpha value is -0.860. The van der Waals surface area contributed by atoms with E-state index in [1.807, 2.05) is 38.1 Å². The lowest BCUT2D eigenvalue weighted by Crippen LogP contribution is -2.28. The van der Waals surface area contributed by atoms with Crippen LogP contribution in [0.15, 0.2) is 24.3 Å². The van der Waals surface area contributed by atoms with Gasteiger partial charge in [0.25, 0.3) is 0 Å². The van der Waals surface area contributed by atoms with Gasteiger partial charge in [0.15, 0.2) is 0 Å². The Morgan fingerprint density at radius 2 is 2.25 bits per heavy atom. The van der Waals surface area contributed by atoms with Crippen molar-refractivity contribution in [1.29, 1.82) is 0 Å². The lowest BCUT2D eigenvalue weighted by molar-refractivity contribution is -0.118. The van der Waals surface area contributed by atoms with Gasteiger partial charge in [0, 0.05) is 23.9 Å². The molecule has 1 aromatic carbocycles. The molecule has 0 radical (unpaired) electrons. The van der Waals surface area contributed by atoms with Gasteiger partial charge in [0.05, 0.1) is 0 Å². The number of Topliss-reactive ketones (excluding diaryl/α,β-unsaturated/α-hetero) is 1. The molecule has 0 aliphatic rings. The van der Waals surface area contributed by atoms with Crippen LogP contribution >= 0.6 is 11.6 Å². The number of hydrogen-bond acceptors (Lipinski definition) is 2. The van der Waals surface area contributed by atoms with Gasteiger partial charge in [0.2, 0.25) is 0 Å². The third kappa shape index (κ3) is 4.77. The Labute approximate surface area is 102 Å². The zero-order chi connectivity index (χ0) is 12.0. The molecule has 0 aromatic heterocycles. The molecule has 1 atom stereocenters. The first-order valence-corrected chi connectivity index (χ1v) is 5.99. The monoisotopic (exact) mass is 239 g/mol. The summed E-state index contributed by atoms with van der Waals surface area (Å²) in [6.45, 7) is 4.96. The van der Waals surface area contributed by atoms with Gasteiger partial charge in [-0.15, -0.1) is 0 Å². The second-order valence-electron chi connectivity index (χ2n) is 4.01. The maximum absolute atomic E-state index is 11.7. The van der Waals surface area contributed by atoms with Gasteiger partial charge in [-0.25, -0.2) is 0 Å². The molecule has 0 aliphatic carbocycles. The molecule has 88 valence electrons. The second kappa shape index (κ2) is 6.66. The van der Waals surface area contributed by atoms with Crippen molar-refractivity contribution >= 4 is 17.4 Å². The number of hydrogen-bond donors (Lipinski definition) is 1. The predicted molar refractivity (Wildman–Crippen MR) is 67.9 cm³/mol. The molecule has 0 spiro atoms. The minimum Gasteiger partial charge on any atom is -0.314 e. The third-order valence-corrected chi connectivity index (χ3v) is 2.61. The van der Waals surface area contributed by atoms with Crippen LogP contribution < -0.4 is 5.32 Å². The number of carbonyl (C=O) groups is 1. The van der Waals surface area contributed by atoms with Gasteiger partial charge >= 0.3 is 0 Å². The van der Waals surface area contributed by atoms with Gasteiger partial charge in [-0.1, -0.05) is 30.7 Å². The first kappa shape index (κ1) is 13.2. The van der Waals surface area contributed by atoms with Crippen LogP contribution in [-0.4, -0.2) is 18.4 Å². The molecular formula is C13H18ClNO. The maximum atomic E-state index is 11.7. The van der Waals surface area contributed by atoms with E-state index in [-0.39, 0.29) is 11.8 Å². The maximum Gasteiger partial charge on any atom is 0.138 e. The molecule has 16 heavy (non-hydrogen) atoms. The van der Waals surface area contributed by atoms with Gasteiger partial charge < -0.3 is 5.32 Å². The van der Waals surface area contributed by atoms with Crippen LogP contribution in [0.3, 0.4) is 0 Å².